The molecule has 0 unspecified atom stereocenters. The van der Waals surface area contributed by atoms with Crippen LogP contribution in [0.4, 0.5) is 0 Å². The molecule has 0 amide bonds. The third kappa shape index (κ3) is 3.47. The number of carbonyl (C=O) groups excluding carboxylic acids is 1. The zero-order valence-corrected chi connectivity index (χ0v) is 17.4. The zero-order chi connectivity index (χ0) is 20.7. The van der Waals surface area contributed by atoms with Crippen LogP contribution in [0.3, 0.4) is 0 Å². The number of Topliss-reactive ketones (excluding diaryl/α,β-unsaturated/α-hetero) is 1. The number of ether oxygens (including phenoxy) is 2. The Kier molecular flexibility index (Phi) is 4.99. The molecule has 3 aromatic rings. The molecule has 150 valence electrons. The number of nitrogens with zero attached hydrogens (tertiary/aromatic N) is 1. The predicted molar refractivity (Wildman–Crippen MR) is 117 cm³/mol. The first-order chi connectivity index (χ1) is 14.6. The summed E-state index contributed by atoms with van der Waals surface area (Å²) in [4.78, 5) is 15.0. The van der Waals surface area contributed by atoms with E-state index in [1.165, 1.54) is 0 Å². The van der Waals surface area contributed by atoms with E-state index in [-0.39, 0.29) is 11.5 Å². The number of halogens is 2. The number of rotatable bonds is 3. The van der Waals surface area contributed by atoms with Crippen LogP contribution < -0.4 is 9.47 Å². The number of hydrogen-bond acceptors (Lipinski definition) is 4. The van der Waals surface area contributed by atoms with Crippen LogP contribution in [0.5, 0.6) is 11.5 Å². The highest BCUT2D eigenvalue weighted by Gasteiger charge is 2.33. The molecule has 0 atom stereocenters. The fraction of sp³-hybridized carbons (Fsp3) is 0.125. The van der Waals surface area contributed by atoms with E-state index >= 15 is 0 Å². The molecule has 0 bridgehead atoms. The van der Waals surface area contributed by atoms with E-state index in [1.807, 2.05) is 48.5 Å². The zero-order valence-electron chi connectivity index (χ0n) is 15.9. The molecule has 0 saturated carbocycles. The van der Waals surface area contributed by atoms with Gasteiger partial charge in [0.15, 0.2) is 5.76 Å². The molecule has 0 radical (unpaired) electrons. The number of hydrogen-bond donors (Lipinski definition) is 0. The van der Waals surface area contributed by atoms with Crippen LogP contribution in [0.1, 0.15) is 27.0 Å². The summed E-state index contributed by atoms with van der Waals surface area (Å²) in [7, 11) is 0. The van der Waals surface area contributed by atoms with Gasteiger partial charge in [0.2, 0.25) is 5.78 Å². The highest BCUT2D eigenvalue weighted by Crippen LogP contribution is 2.42. The maximum Gasteiger partial charge on any atom is 0.231 e. The van der Waals surface area contributed by atoms with Crippen molar-refractivity contribution in [2.45, 2.75) is 13.1 Å². The first-order valence-corrected chi connectivity index (χ1v) is 10.3. The van der Waals surface area contributed by atoms with Crippen LogP contribution in [0.2, 0.25) is 10.0 Å². The molecule has 6 heteroatoms. The Balaban J connectivity index is 1.45. The Morgan fingerprint density at radius 2 is 1.73 bits per heavy atom. The molecule has 2 heterocycles. The molecule has 0 N–H and O–H groups in total. The van der Waals surface area contributed by atoms with Crippen LogP contribution >= 0.6 is 23.2 Å². The molecule has 0 saturated heterocycles. The Bertz CT molecular complexity index is 1190. The van der Waals surface area contributed by atoms with Gasteiger partial charge in [0.05, 0.1) is 11.1 Å². The number of benzene rings is 3. The normalized spacial score (nSPS) is 16.7. The van der Waals surface area contributed by atoms with Gasteiger partial charge < -0.3 is 9.47 Å². The Hall–Kier alpha value is -2.79. The molecule has 5 rings (SSSR count). The lowest BCUT2D eigenvalue weighted by Gasteiger charge is -2.30. The summed E-state index contributed by atoms with van der Waals surface area (Å²) in [6.07, 6.45) is 1.68. The van der Waals surface area contributed by atoms with Crippen molar-refractivity contribution < 1.29 is 14.3 Å². The fourth-order valence-corrected chi connectivity index (χ4v) is 4.09. The minimum atomic E-state index is -0.157. The van der Waals surface area contributed by atoms with Crippen molar-refractivity contribution in [1.82, 2.24) is 4.90 Å². The first kappa shape index (κ1) is 19.2. The number of fused-ring (bicyclic) bond motifs is 3. The summed E-state index contributed by atoms with van der Waals surface area (Å²) >= 11 is 12.5. The van der Waals surface area contributed by atoms with Crippen molar-refractivity contribution in [1.29, 1.82) is 0 Å². The van der Waals surface area contributed by atoms with Gasteiger partial charge in [-0.2, -0.15) is 0 Å². The average molecular weight is 438 g/mol. The molecule has 3 aromatic carbocycles. The average Bonchev–Trinajstić information content (AvgIpc) is 3.07. The second kappa shape index (κ2) is 7.80. The van der Waals surface area contributed by atoms with Gasteiger partial charge in [-0.15, -0.1) is 0 Å². The van der Waals surface area contributed by atoms with E-state index in [4.69, 9.17) is 32.7 Å². The molecule has 2 aliphatic heterocycles. The first-order valence-electron chi connectivity index (χ1n) is 9.53. The van der Waals surface area contributed by atoms with Crippen molar-refractivity contribution in [3.8, 4) is 11.5 Å². The van der Waals surface area contributed by atoms with Crippen LogP contribution in [0, 0.1) is 0 Å². The smallest absolute Gasteiger partial charge is 0.231 e. The fourth-order valence-electron chi connectivity index (χ4n) is 3.71. The van der Waals surface area contributed by atoms with Crippen molar-refractivity contribution in [2.24, 2.45) is 0 Å². The second-order valence-corrected chi connectivity index (χ2v) is 8.05. The van der Waals surface area contributed by atoms with Gasteiger partial charge in [-0.1, -0.05) is 59.6 Å². The van der Waals surface area contributed by atoms with E-state index < -0.39 is 0 Å². The molecule has 0 spiro atoms. The highest BCUT2D eigenvalue weighted by atomic mass is 35.5. The Morgan fingerprint density at radius 3 is 2.53 bits per heavy atom. The molecule has 30 heavy (non-hydrogen) atoms. The van der Waals surface area contributed by atoms with Gasteiger partial charge in [-0.25, -0.2) is 0 Å². The van der Waals surface area contributed by atoms with Gasteiger partial charge in [-0.3, -0.25) is 9.69 Å². The third-order valence-electron chi connectivity index (χ3n) is 5.23. The highest BCUT2D eigenvalue weighted by molar-refractivity contribution is 6.32. The van der Waals surface area contributed by atoms with Crippen LogP contribution in [-0.4, -0.2) is 17.4 Å². The number of allylic oxidation sites excluding steroid dienone is 1. The van der Waals surface area contributed by atoms with E-state index in [1.54, 1.807) is 18.2 Å². The van der Waals surface area contributed by atoms with Crippen molar-refractivity contribution >= 4 is 35.1 Å². The van der Waals surface area contributed by atoms with Gasteiger partial charge in [0.1, 0.15) is 18.2 Å². The summed E-state index contributed by atoms with van der Waals surface area (Å²) in [5.41, 5.74) is 3.16. The van der Waals surface area contributed by atoms with E-state index in [2.05, 4.69) is 4.90 Å². The summed E-state index contributed by atoms with van der Waals surface area (Å²) in [6, 6.07) is 18.7. The van der Waals surface area contributed by atoms with E-state index in [9.17, 15) is 4.79 Å². The monoisotopic (exact) mass is 437 g/mol. The SMILES string of the molecule is O=C1/C(=C/c2ccccc2Cl)Oc2c1ccc1c2CN(Cc2ccccc2Cl)CO1. The van der Waals surface area contributed by atoms with Gasteiger partial charge in [0.25, 0.3) is 0 Å². The Morgan fingerprint density at radius 1 is 0.967 bits per heavy atom. The van der Waals surface area contributed by atoms with Crippen LogP contribution in [0.25, 0.3) is 6.08 Å². The molecular formula is C24H17Cl2NO3. The molecule has 0 aliphatic carbocycles. The van der Waals surface area contributed by atoms with Crippen molar-refractivity contribution in [3.05, 3.63) is 98.7 Å². The summed E-state index contributed by atoms with van der Waals surface area (Å²) in [5.74, 6) is 1.39. The Labute approximate surface area is 184 Å². The number of carbonyl (C=O) groups is 1. The maximum absolute atomic E-state index is 12.9. The minimum Gasteiger partial charge on any atom is -0.478 e. The quantitative estimate of drug-likeness (QED) is 0.473. The predicted octanol–water partition coefficient (Wildman–Crippen LogP) is 5.96. The molecule has 4 nitrogen and oxygen atoms in total. The third-order valence-corrected chi connectivity index (χ3v) is 5.94. The topological polar surface area (TPSA) is 38.8 Å². The lowest BCUT2D eigenvalue weighted by molar-refractivity contribution is 0.0873. The molecular weight excluding hydrogens is 421 g/mol. The summed E-state index contributed by atoms with van der Waals surface area (Å²) in [6.45, 7) is 1.67. The molecule has 0 fully saturated rings. The van der Waals surface area contributed by atoms with E-state index in [0.717, 1.165) is 27.5 Å². The summed E-state index contributed by atoms with van der Waals surface area (Å²) < 4.78 is 12.0. The largest absolute Gasteiger partial charge is 0.478 e. The van der Waals surface area contributed by atoms with Crippen molar-refractivity contribution in [2.75, 3.05) is 6.73 Å². The molecule has 2 aliphatic rings. The maximum atomic E-state index is 12.9. The lowest BCUT2D eigenvalue weighted by Crippen LogP contribution is -2.31. The standard InChI is InChI=1S/C24H17Cl2NO3/c25-19-7-3-1-5-15(19)11-22-23(28)17-9-10-21-18(24(17)30-22)13-27(14-29-21)12-16-6-2-4-8-20(16)26/h1-11H,12-14H2/b22-11-. The molecule has 0 aromatic heterocycles. The lowest BCUT2D eigenvalue weighted by atomic mass is 10.0. The van der Waals surface area contributed by atoms with Crippen LogP contribution in [-0.2, 0) is 13.1 Å². The summed E-state index contributed by atoms with van der Waals surface area (Å²) in [5, 5.41) is 1.28. The minimum absolute atomic E-state index is 0.157. The van der Waals surface area contributed by atoms with Crippen molar-refractivity contribution in [3.63, 3.8) is 0 Å². The number of ketones is 1. The van der Waals surface area contributed by atoms with Gasteiger partial charge in [0, 0.05) is 23.1 Å². The van der Waals surface area contributed by atoms with E-state index in [0.29, 0.717) is 36.2 Å². The van der Waals surface area contributed by atoms with Crippen LogP contribution in [0.15, 0.2) is 66.4 Å². The van der Waals surface area contributed by atoms with Gasteiger partial charge >= 0.3 is 0 Å². The second-order valence-electron chi connectivity index (χ2n) is 7.23. The van der Waals surface area contributed by atoms with Gasteiger partial charge in [-0.05, 0) is 41.5 Å².